The van der Waals surface area contributed by atoms with Crippen molar-refractivity contribution in [3.63, 3.8) is 0 Å². The molecule has 1 aliphatic heterocycles. The van der Waals surface area contributed by atoms with Gasteiger partial charge in [0.1, 0.15) is 0 Å². The quantitative estimate of drug-likeness (QED) is 0.829. The van der Waals surface area contributed by atoms with E-state index in [1.165, 1.54) is 0 Å². The summed E-state index contributed by atoms with van der Waals surface area (Å²) in [7, 11) is -1.20. The van der Waals surface area contributed by atoms with Crippen LogP contribution in [0.1, 0.15) is 34.1 Å². The van der Waals surface area contributed by atoms with Crippen LogP contribution in [0.25, 0.3) is 0 Å². The molecule has 0 radical (unpaired) electrons. The number of rotatable bonds is 3. The minimum atomic E-state index is -2.99. The van der Waals surface area contributed by atoms with Crippen LogP contribution in [0.5, 0.6) is 0 Å². The molecule has 5 nitrogen and oxygen atoms in total. The second-order valence-corrected chi connectivity index (χ2v) is 8.74. The van der Waals surface area contributed by atoms with Gasteiger partial charge in [-0.15, -0.1) is 0 Å². The van der Waals surface area contributed by atoms with Gasteiger partial charge in [0, 0.05) is 32.1 Å². The largest absolute Gasteiger partial charge is 0.342 e. The van der Waals surface area contributed by atoms with Crippen LogP contribution in [-0.4, -0.2) is 56.4 Å². The summed E-state index contributed by atoms with van der Waals surface area (Å²) >= 11 is 0. The van der Waals surface area contributed by atoms with Crippen LogP contribution in [-0.2, 0) is 14.6 Å². The predicted molar refractivity (Wildman–Crippen MR) is 76.7 cm³/mol. The fourth-order valence-corrected chi connectivity index (χ4v) is 3.59. The normalized spacial score (nSPS) is 24.8. The molecule has 1 saturated heterocycles. The summed E-state index contributed by atoms with van der Waals surface area (Å²) in [5.41, 5.74) is 0.0104. The first kappa shape index (κ1) is 16.4. The van der Waals surface area contributed by atoms with E-state index in [1.807, 2.05) is 6.92 Å². The smallest absolute Gasteiger partial charge is 0.224 e. The lowest BCUT2D eigenvalue weighted by molar-refractivity contribution is -0.134. The maximum absolute atomic E-state index is 12.2. The van der Waals surface area contributed by atoms with Gasteiger partial charge < -0.3 is 10.2 Å². The third-order valence-electron chi connectivity index (χ3n) is 3.95. The van der Waals surface area contributed by atoms with Gasteiger partial charge in [-0.05, 0) is 12.3 Å². The molecular weight excluding hydrogens is 264 g/mol. The van der Waals surface area contributed by atoms with Crippen molar-refractivity contribution in [1.82, 2.24) is 10.2 Å². The van der Waals surface area contributed by atoms with Gasteiger partial charge in [0.05, 0.1) is 11.5 Å². The van der Waals surface area contributed by atoms with E-state index in [4.69, 9.17) is 0 Å². The molecule has 1 rings (SSSR count). The van der Waals surface area contributed by atoms with E-state index < -0.39 is 9.84 Å². The Labute approximate surface area is 116 Å². The van der Waals surface area contributed by atoms with Crippen LogP contribution in [0.2, 0.25) is 0 Å². The van der Waals surface area contributed by atoms with Crippen molar-refractivity contribution in [2.75, 3.05) is 25.1 Å². The van der Waals surface area contributed by atoms with Crippen molar-refractivity contribution in [2.24, 2.45) is 5.41 Å². The Bertz CT molecular complexity index is 426. The topological polar surface area (TPSA) is 66.5 Å². The van der Waals surface area contributed by atoms with E-state index >= 15 is 0 Å². The lowest BCUT2D eigenvalue weighted by atomic mass is 9.87. The van der Waals surface area contributed by atoms with Gasteiger partial charge in [0.25, 0.3) is 0 Å². The average molecular weight is 290 g/mol. The first-order valence-electron chi connectivity index (χ1n) is 6.72. The van der Waals surface area contributed by atoms with Crippen molar-refractivity contribution >= 4 is 15.7 Å². The van der Waals surface area contributed by atoms with Crippen molar-refractivity contribution in [3.05, 3.63) is 0 Å². The van der Waals surface area contributed by atoms with E-state index in [9.17, 15) is 13.2 Å². The number of carbonyl (C=O) groups is 1. The lowest BCUT2D eigenvalue weighted by Gasteiger charge is -2.36. The van der Waals surface area contributed by atoms with Crippen molar-refractivity contribution in [2.45, 2.75) is 46.2 Å². The molecule has 0 aromatic carbocycles. The van der Waals surface area contributed by atoms with E-state index in [1.54, 1.807) is 11.9 Å². The van der Waals surface area contributed by atoms with Gasteiger partial charge in [-0.2, -0.15) is 0 Å². The van der Waals surface area contributed by atoms with Gasteiger partial charge in [-0.25, -0.2) is 8.42 Å². The molecule has 2 unspecified atom stereocenters. The SMILES string of the molecule is CC(N(C)C(=O)CC1CS(=O)(=O)CCN1)C(C)(C)C. The maximum Gasteiger partial charge on any atom is 0.224 e. The summed E-state index contributed by atoms with van der Waals surface area (Å²) in [6.45, 7) is 8.72. The standard InChI is InChI=1S/C13H26N2O3S/c1-10(13(2,3)4)15(5)12(16)8-11-9-19(17,18)7-6-14-11/h10-11,14H,6-9H2,1-5H3. The molecule has 19 heavy (non-hydrogen) atoms. The summed E-state index contributed by atoms with van der Waals surface area (Å²) in [6, 6.07) is -0.138. The molecule has 0 aliphatic carbocycles. The third kappa shape index (κ3) is 4.76. The number of nitrogens with zero attached hydrogens (tertiary/aromatic N) is 1. The van der Waals surface area contributed by atoms with Crippen molar-refractivity contribution < 1.29 is 13.2 Å². The minimum absolute atomic E-state index is 0.00275. The molecule has 1 heterocycles. The highest BCUT2D eigenvalue weighted by molar-refractivity contribution is 7.91. The van der Waals surface area contributed by atoms with Crippen LogP contribution in [0, 0.1) is 5.41 Å². The highest BCUT2D eigenvalue weighted by Gasteiger charge is 2.30. The first-order chi connectivity index (χ1) is 8.53. The Kier molecular flexibility index (Phi) is 5.01. The van der Waals surface area contributed by atoms with E-state index in [0.29, 0.717) is 6.54 Å². The minimum Gasteiger partial charge on any atom is -0.342 e. The summed E-state index contributed by atoms with van der Waals surface area (Å²) in [6.07, 6.45) is 0.246. The monoisotopic (exact) mass is 290 g/mol. The predicted octanol–water partition coefficient (Wildman–Crippen LogP) is 0.656. The van der Waals surface area contributed by atoms with Crippen LogP contribution in [0.3, 0.4) is 0 Å². The Morgan fingerprint density at radius 3 is 2.47 bits per heavy atom. The van der Waals surface area contributed by atoms with Gasteiger partial charge >= 0.3 is 0 Å². The van der Waals surface area contributed by atoms with E-state index in [2.05, 4.69) is 26.1 Å². The third-order valence-corrected chi connectivity index (χ3v) is 5.69. The first-order valence-corrected chi connectivity index (χ1v) is 8.54. The summed E-state index contributed by atoms with van der Waals surface area (Å²) < 4.78 is 23.1. The molecular formula is C13H26N2O3S. The fourth-order valence-electron chi connectivity index (χ4n) is 2.15. The maximum atomic E-state index is 12.2. The lowest BCUT2D eigenvalue weighted by Crippen LogP contribution is -2.49. The number of carbonyl (C=O) groups excluding carboxylic acids is 1. The molecule has 1 amide bonds. The molecule has 0 bridgehead atoms. The Morgan fingerprint density at radius 1 is 1.42 bits per heavy atom. The highest BCUT2D eigenvalue weighted by Crippen LogP contribution is 2.23. The molecule has 112 valence electrons. The van der Waals surface area contributed by atoms with Crippen molar-refractivity contribution in [1.29, 1.82) is 0 Å². The van der Waals surface area contributed by atoms with E-state index in [-0.39, 0.29) is 41.3 Å². The zero-order valence-corrected chi connectivity index (χ0v) is 13.4. The Balaban J connectivity index is 2.60. The molecule has 0 aromatic rings. The fraction of sp³-hybridized carbons (Fsp3) is 0.923. The van der Waals surface area contributed by atoms with Crippen molar-refractivity contribution in [3.8, 4) is 0 Å². The van der Waals surface area contributed by atoms with Gasteiger partial charge in [-0.3, -0.25) is 4.79 Å². The molecule has 1 N–H and O–H groups in total. The Morgan fingerprint density at radius 2 is 2.00 bits per heavy atom. The average Bonchev–Trinajstić information content (AvgIpc) is 2.24. The van der Waals surface area contributed by atoms with Crippen LogP contribution in [0.4, 0.5) is 0 Å². The van der Waals surface area contributed by atoms with Crippen LogP contribution in [0.15, 0.2) is 0 Å². The number of hydrogen-bond donors (Lipinski definition) is 1. The second kappa shape index (κ2) is 5.79. The number of hydrogen-bond acceptors (Lipinski definition) is 4. The van der Waals surface area contributed by atoms with Crippen LogP contribution >= 0.6 is 0 Å². The van der Waals surface area contributed by atoms with Gasteiger partial charge in [0.15, 0.2) is 9.84 Å². The highest BCUT2D eigenvalue weighted by atomic mass is 32.2. The van der Waals surface area contributed by atoms with E-state index in [0.717, 1.165) is 0 Å². The van der Waals surface area contributed by atoms with Gasteiger partial charge in [-0.1, -0.05) is 20.8 Å². The molecule has 0 spiro atoms. The summed E-state index contributed by atoms with van der Waals surface area (Å²) in [5, 5.41) is 3.11. The number of nitrogens with one attached hydrogen (secondary N) is 1. The number of amides is 1. The molecule has 1 aliphatic rings. The molecule has 6 heteroatoms. The molecule has 0 saturated carbocycles. The number of sulfone groups is 1. The molecule has 0 aromatic heterocycles. The summed E-state index contributed by atoms with van der Waals surface area (Å²) in [4.78, 5) is 13.9. The molecule has 1 fully saturated rings. The Hall–Kier alpha value is -0.620. The van der Waals surface area contributed by atoms with Gasteiger partial charge in [0.2, 0.25) is 5.91 Å². The second-order valence-electron chi connectivity index (χ2n) is 6.52. The molecule has 2 atom stereocenters. The van der Waals surface area contributed by atoms with Crippen LogP contribution < -0.4 is 5.32 Å². The zero-order chi connectivity index (χ0) is 14.8. The summed E-state index contributed by atoms with van der Waals surface area (Å²) in [5.74, 6) is 0.236. The zero-order valence-electron chi connectivity index (χ0n) is 12.6.